The molecule has 0 aromatic rings. The van der Waals surface area contributed by atoms with Crippen molar-refractivity contribution in [1.29, 1.82) is 0 Å². The number of hydrogen-bond donors (Lipinski definition) is 2. The van der Waals surface area contributed by atoms with E-state index >= 15 is 0 Å². The van der Waals surface area contributed by atoms with E-state index in [9.17, 15) is 9.59 Å². The summed E-state index contributed by atoms with van der Waals surface area (Å²) in [4.78, 5) is 28.0. The molecule has 0 bridgehead atoms. The van der Waals surface area contributed by atoms with E-state index in [0.29, 0.717) is 13.2 Å². The standard InChI is InChI=1S/C22H38N4O3/c1-21(2)15-17(23-19(21)27)7-9-25(5)11-13-29-14-12-26(6)10-8-18-16-22(3,4)20(28)24-18/h15-16H,7-14H2,1-6H3,(H,23,27)(H,24,28). The SMILES string of the molecule is CN(CCOCCN(C)CCC1=CC(C)(C)C(=O)N1)CCC1=CC(C)(C)C(=O)N1. The van der Waals surface area contributed by atoms with Gasteiger partial charge in [0.1, 0.15) is 0 Å². The zero-order chi connectivity index (χ0) is 21.7. The molecule has 0 unspecified atom stereocenters. The number of carbonyl (C=O) groups is 2. The van der Waals surface area contributed by atoms with E-state index in [0.717, 1.165) is 50.4 Å². The lowest BCUT2D eigenvalue weighted by atomic mass is 9.94. The van der Waals surface area contributed by atoms with Gasteiger partial charge in [-0.25, -0.2) is 0 Å². The second-order valence-corrected chi connectivity index (χ2v) is 9.41. The van der Waals surface area contributed by atoms with Gasteiger partial charge >= 0.3 is 0 Å². The molecule has 0 saturated carbocycles. The van der Waals surface area contributed by atoms with E-state index < -0.39 is 0 Å². The number of hydrogen-bond acceptors (Lipinski definition) is 5. The first-order chi connectivity index (χ1) is 13.5. The third kappa shape index (κ3) is 7.24. The summed E-state index contributed by atoms with van der Waals surface area (Å²) in [5.74, 6) is 0.163. The average molecular weight is 407 g/mol. The van der Waals surface area contributed by atoms with Crippen LogP contribution in [0.5, 0.6) is 0 Å². The number of carbonyl (C=O) groups excluding carboxylic acids is 2. The Bertz CT molecular complexity index is 611. The Kier molecular flexibility index (Phi) is 8.02. The van der Waals surface area contributed by atoms with Gasteiger partial charge in [-0.15, -0.1) is 0 Å². The number of amides is 2. The first-order valence-corrected chi connectivity index (χ1v) is 10.5. The molecule has 29 heavy (non-hydrogen) atoms. The van der Waals surface area contributed by atoms with Crippen molar-refractivity contribution in [3.8, 4) is 0 Å². The maximum Gasteiger partial charge on any atom is 0.233 e. The van der Waals surface area contributed by atoms with E-state index in [1.54, 1.807) is 0 Å². The lowest BCUT2D eigenvalue weighted by molar-refractivity contribution is -0.125. The van der Waals surface area contributed by atoms with Crippen LogP contribution in [-0.2, 0) is 14.3 Å². The van der Waals surface area contributed by atoms with Crippen LogP contribution in [0.3, 0.4) is 0 Å². The number of nitrogens with one attached hydrogen (secondary N) is 2. The van der Waals surface area contributed by atoms with Crippen molar-refractivity contribution >= 4 is 11.8 Å². The molecule has 2 heterocycles. The maximum atomic E-state index is 11.8. The van der Waals surface area contributed by atoms with Crippen molar-refractivity contribution in [3.05, 3.63) is 23.5 Å². The van der Waals surface area contributed by atoms with Gasteiger partial charge in [0, 0.05) is 37.6 Å². The first kappa shape index (κ1) is 23.6. The molecule has 7 heteroatoms. The van der Waals surface area contributed by atoms with Crippen LogP contribution in [0.1, 0.15) is 40.5 Å². The summed E-state index contributed by atoms with van der Waals surface area (Å²) in [6, 6.07) is 0. The van der Waals surface area contributed by atoms with E-state index in [4.69, 9.17) is 4.74 Å². The molecular formula is C22H38N4O3. The van der Waals surface area contributed by atoms with Crippen LogP contribution in [0.4, 0.5) is 0 Å². The van der Waals surface area contributed by atoms with Crippen LogP contribution >= 0.6 is 0 Å². The minimum Gasteiger partial charge on any atom is -0.379 e. The zero-order valence-electron chi connectivity index (χ0n) is 18.9. The molecule has 2 amide bonds. The zero-order valence-corrected chi connectivity index (χ0v) is 18.9. The average Bonchev–Trinajstić information content (AvgIpc) is 3.04. The summed E-state index contributed by atoms with van der Waals surface area (Å²) in [5.41, 5.74) is 1.26. The largest absolute Gasteiger partial charge is 0.379 e. The molecule has 7 nitrogen and oxygen atoms in total. The highest BCUT2D eigenvalue weighted by Gasteiger charge is 2.32. The minimum absolute atomic E-state index is 0.0814. The van der Waals surface area contributed by atoms with Crippen molar-refractivity contribution in [2.45, 2.75) is 40.5 Å². The molecule has 0 atom stereocenters. The number of likely N-dealkylation sites (N-methyl/N-ethyl adjacent to an activating group) is 2. The van der Waals surface area contributed by atoms with Crippen LogP contribution < -0.4 is 10.6 Å². The van der Waals surface area contributed by atoms with Crippen molar-refractivity contribution < 1.29 is 14.3 Å². The second kappa shape index (κ2) is 9.87. The quantitative estimate of drug-likeness (QED) is 0.483. The molecule has 2 N–H and O–H groups in total. The fourth-order valence-corrected chi connectivity index (χ4v) is 3.35. The monoisotopic (exact) mass is 406 g/mol. The third-order valence-corrected chi connectivity index (χ3v) is 5.55. The molecule has 0 radical (unpaired) electrons. The molecule has 0 aliphatic carbocycles. The summed E-state index contributed by atoms with van der Waals surface area (Å²) in [6.45, 7) is 12.6. The molecule has 0 aromatic heterocycles. The molecule has 2 aliphatic rings. The van der Waals surface area contributed by atoms with Gasteiger partial charge in [0.05, 0.1) is 24.0 Å². The smallest absolute Gasteiger partial charge is 0.233 e. The van der Waals surface area contributed by atoms with E-state index in [-0.39, 0.29) is 22.6 Å². The molecule has 0 spiro atoms. The van der Waals surface area contributed by atoms with Gasteiger partial charge in [-0.05, 0) is 54.6 Å². The fraction of sp³-hybridized carbons (Fsp3) is 0.727. The van der Waals surface area contributed by atoms with Crippen LogP contribution in [0.2, 0.25) is 0 Å². The van der Waals surface area contributed by atoms with Gasteiger partial charge < -0.3 is 25.2 Å². The number of ether oxygens (including phenoxy) is 1. The fourth-order valence-electron chi connectivity index (χ4n) is 3.35. The van der Waals surface area contributed by atoms with Crippen LogP contribution in [0.25, 0.3) is 0 Å². The Morgan fingerprint density at radius 1 is 0.759 bits per heavy atom. The Morgan fingerprint density at radius 3 is 1.45 bits per heavy atom. The third-order valence-electron chi connectivity index (χ3n) is 5.55. The van der Waals surface area contributed by atoms with Gasteiger partial charge in [0.2, 0.25) is 11.8 Å². The summed E-state index contributed by atoms with van der Waals surface area (Å²) >= 11 is 0. The predicted octanol–water partition coefficient (Wildman–Crippen LogP) is 1.73. The van der Waals surface area contributed by atoms with Gasteiger partial charge in [0.25, 0.3) is 0 Å². The highest BCUT2D eigenvalue weighted by molar-refractivity contribution is 5.88. The molecular weight excluding hydrogens is 368 g/mol. The molecule has 2 rings (SSSR count). The van der Waals surface area contributed by atoms with Crippen LogP contribution in [0, 0.1) is 10.8 Å². The van der Waals surface area contributed by atoms with Crippen molar-refractivity contribution in [1.82, 2.24) is 20.4 Å². The summed E-state index contributed by atoms with van der Waals surface area (Å²) in [5, 5.41) is 5.92. The molecule has 164 valence electrons. The second-order valence-electron chi connectivity index (χ2n) is 9.41. The van der Waals surface area contributed by atoms with E-state index in [1.807, 2.05) is 39.8 Å². The Morgan fingerprint density at radius 2 is 1.14 bits per heavy atom. The summed E-state index contributed by atoms with van der Waals surface area (Å²) in [6.07, 6.45) is 5.75. The lowest BCUT2D eigenvalue weighted by Gasteiger charge is -2.19. The van der Waals surface area contributed by atoms with Gasteiger partial charge in [-0.1, -0.05) is 12.2 Å². The Hall–Kier alpha value is -1.70. The van der Waals surface area contributed by atoms with Crippen molar-refractivity contribution in [2.75, 3.05) is 53.5 Å². The molecule has 0 aromatic carbocycles. The van der Waals surface area contributed by atoms with Crippen LogP contribution in [-0.4, -0.2) is 75.1 Å². The molecule has 2 aliphatic heterocycles. The van der Waals surface area contributed by atoms with Gasteiger partial charge in [-0.2, -0.15) is 0 Å². The van der Waals surface area contributed by atoms with Gasteiger partial charge in [-0.3, -0.25) is 9.59 Å². The minimum atomic E-state index is -0.390. The van der Waals surface area contributed by atoms with E-state index in [1.165, 1.54) is 0 Å². The topological polar surface area (TPSA) is 73.9 Å². The number of nitrogens with zero attached hydrogens (tertiary/aromatic N) is 2. The highest BCUT2D eigenvalue weighted by atomic mass is 16.5. The molecule has 0 fully saturated rings. The van der Waals surface area contributed by atoms with Crippen molar-refractivity contribution in [3.63, 3.8) is 0 Å². The highest BCUT2D eigenvalue weighted by Crippen LogP contribution is 2.26. The predicted molar refractivity (Wildman–Crippen MR) is 115 cm³/mol. The summed E-state index contributed by atoms with van der Waals surface area (Å²) < 4.78 is 5.77. The summed E-state index contributed by atoms with van der Waals surface area (Å²) in [7, 11) is 4.14. The van der Waals surface area contributed by atoms with Crippen LogP contribution in [0.15, 0.2) is 23.5 Å². The Labute approximate surface area is 175 Å². The van der Waals surface area contributed by atoms with Gasteiger partial charge in [0.15, 0.2) is 0 Å². The first-order valence-electron chi connectivity index (χ1n) is 10.5. The normalized spacial score (nSPS) is 20.1. The van der Waals surface area contributed by atoms with Crippen molar-refractivity contribution in [2.24, 2.45) is 10.8 Å². The lowest BCUT2D eigenvalue weighted by Crippen LogP contribution is -2.30. The maximum absolute atomic E-state index is 11.8. The Balaban J connectivity index is 1.51. The number of rotatable bonds is 12. The van der Waals surface area contributed by atoms with E-state index in [2.05, 4.69) is 34.5 Å². The molecule has 0 saturated heterocycles.